The fourth-order valence-corrected chi connectivity index (χ4v) is 2.69. The zero-order valence-corrected chi connectivity index (χ0v) is 12.0. The van der Waals surface area contributed by atoms with E-state index in [-0.39, 0.29) is 0 Å². The molecule has 1 saturated heterocycles. The summed E-state index contributed by atoms with van der Waals surface area (Å²) in [5.41, 5.74) is 0.659. The number of nitrogens with zero attached hydrogens (tertiary/aromatic N) is 1. The number of carbonyl (C=O) groups is 1. The van der Waals surface area contributed by atoms with Crippen LogP contribution >= 0.6 is 15.9 Å². The fraction of sp³-hybridized carbons (Fsp3) is 0.500. The molecule has 0 N–H and O–H groups in total. The van der Waals surface area contributed by atoms with E-state index in [1.807, 2.05) is 6.07 Å². The van der Waals surface area contributed by atoms with Gasteiger partial charge in [-0.25, -0.2) is 0 Å². The summed E-state index contributed by atoms with van der Waals surface area (Å²) in [7, 11) is 0. The van der Waals surface area contributed by atoms with E-state index < -0.39 is 0 Å². The Kier molecular flexibility index (Phi) is 5.20. The summed E-state index contributed by atoms with van der Waals surface area (Å²) in [5.74, 6) is 0.807. The van der Waals surface area contributed by atoms with Crippen molar-refractivity contribution in [1.82, 2.24) is 4.90 Å². The number of rotatable bonds is 6. The van der Waals surface area contributed by atoms with Gasteiger partial charge in [-0.1, -0.05) is 0 Å². The van der Waals surface area contributed by atoms with Gasteiger partial charge in [-0.15, -0.1) is 0 Å². The van der Waals surface area contributed by atoms with Crippen molar-refractivity contribution in [2.75, 3.05) is 26.2 Å². The van der Waals surface area contributed by atoms with E-state index in [1.165, 1.54) is 25.9 Å². The van der Waals surface area contributed by atoms with Gasteiger partial charge in [0.15, 0.2) is 0 Å². The first kappa shape index (κ1) is 13.6. The third kappa shape index (κ3) is 3.82. The van der Waals surface area contributed by atoms with Gasteiger partial charge in [0.1, 0.15) is 12.0 Å². The summed E-state index contributed by atoms with van der Waals surface area (Å²) in [5, 5.41) is 0. The van der Waals surface area contributed by atoms with E-state index in [2.05, 4.69) is 20.8 Å². The molecule has 1 heterocycles. The highest BCUT2D eigenvalue weighted by Crippen LogP contribution is 2.25. The van der Waals surface area contributed by atoms with Gasteiger partial charge < -0.3 is 9.64 Å². The molecule has 3 nitrogen and oxygen atoms in total. The van der Waals surface area contributed by atoms with Crippen molar-refractivity contribution in [3.8, 4) is 5.75 Å². The Morgan fingerprint density at radius 1 is 1.33 bits per heavy atom. The van der Waals surface area contributed by atoms with Crippen LogP contribution in [0.3, 0.4) is 0 Å². The molecule has 18 heavy (non-hydrogen) atoms. The van der Waals surface area contributed by atoms with Gasteiger partial charge in [-0.05, 0) is 66.5 Å². The molecule has 1 fully saturated rings. The summed E-state index contributed by atoms with van der Waals surface area (Å²) in [6.07, 6.45) is 4.54. The molecule has 0 atom stereocenters. The Hall–Kier alpha value is -0.870. The highest BCUT2D eigenvalue weighted by Gasteiger charge is 2.10. The molecule has 1 aromatic carbocycles. The van der Waals surface area contributed by atoms with Crippen LogP contribution in [0.1, 0.15) is 29.6 Å². The Morgan fingerprint density at radius 3 is 2.78 bits per heavy atom. The van der Waals surface area contributed by atoms with Crippen molar-refractivity contribution >= 4 is 22.2 Å². The largest absolute Gasteiger partial charge is 0.492 e. The van der Waals surface area contributed by atoms with Crippen molar-refractivity contribution in [3.63, 3.8) is 0 Å². The molecule has 98 valence electrons. The summed E-state index contributed by atoms with van der Waals surface area (Å²) in [4.78, 5) is 13.1. The van der Waals surface area contributed by atoms with Gasteiger partial charge in [0.05, 0.1) is 11.1 Å². The molecule has 1 aliphatic rings. The van der Waals surface area contributed by atoms with Crippen molar-refractivity contribution in [2.24, 2.45) is 0 Å². The van der Waals surface area contributed by atoms with Crippen LogP contribution in [0.4, 0.5) is 0 Å². The lowest BCUT2D eigenvalue weighted by Crippen LogP contribution is -2.21. The Morgan fingerprint density at radius 2 is 2.11 bits per heavy atom. The lowest BCUT2D eigenvalue weighted by Gasteiger charge is -2.14. The minimum atomic E-state index is 0.659. The highest BCUT2D eigenvalue weighted by atomic mass is 79.9. The maximum Gasteiger partial charge on any atom is 0.150 e. The van der Waals surface area contributed by atoms with Crippen molar-refractivity contribution < 1.29 is 9.53 Å². The summed E-state index contributed by atoms with van der Waals surface area (Å²) in [6.45, 7) is 4.30. The predicted octanol–water partition coefficient (Wildman–Crippen LogP) is 3.13. The maximum atomic E-state index is 10.6. The second kappa shape index (κ2) is 6.90. The molecule has 4 heteroatoms. The van der Waals surface area contributed by atoms with Crippen LogP contribution in [0.25, 0.3) is 0 Å². The average molecular weight is 312 g/mol. The third-order valence-electron chi connectivity index (χ3n) is 3.17. The van der Waals surface area contributed by atoms with Crippen LogP contribution in [0.5, 0.6) is 5.75 Å². The second-order valence-corrected chi connectivity index (χ2v) is 5.41. The topological polar surface area (TPSA) is 29.5 Å². The SMILES string of the molecule is O=Cc1ccc(OCCCN2CCCC2)c(Br)c1. The first-order chi connectivity index (χ1) is 8.79. The Balaban J connectivity index is 1.74. The van der Waals surface area contributed by atoms with E-state index in [0.717, 1.165) is 36.1 Å². The number of halogens is 1. The minimum absolute atomic E-state index is 0.659. The first-order valence-corrected chi connectivity index (χ1v) is 7.19. The molecular formula is C14H18BrNO2. The average Bonchev–Trinajstić information content (AvgIpc) is 2.89. The molecule has 0 unspecified atom stereocenters. The molecule has 0 spiro atoms. The van der Waals surface area contributed by atoms with Gasteiger partial charge in [-0.3, -0.25) is 4.79 Å². The standard InChI is InChI=1S/C14H18BrNO2/c15-13-10-12(11-17)4-5-14(13)18-9-3-8-16-6-1-2-7-16/h4-5,10-11H,1-3,6-9H2. The van der Waals surface area contributed by atoms with Gasteiger partial charge >= 0.3 is 0 Å². The minimum Gasteiger partial charge on any atom is -0.492 e. The van der Waals surface area contributed by atoms with Crippen LogP contribution in [0.2, 0.25) is 0 Å². The molecule has 0 amide bonds. The smallest absolute Gasteiger partial charge is 0.150 e. The molecule has 0 aromatic heterocycles. The van der Waals surface area contributed by atoms with Crippen LogP contribution in [0, 0.1) is 0 Å². The quantitative estimate of drug-likeness (QED) is 0.597. The normalized spacial score (nSPS) is 15.8. The molecule has 0 bridgehead atoms. The first-order valence-electron chi connectivity index (χ1n) is 6.39. The highest BCUT2D eigenvalue weighted by molar-refractivity contribution is 9.10. The van der Waals surface area contributed by atoms with E-state index in [1.54, 1.807) is 12.1 Å². The molecule has 0 saturated carbocycles. The van der Waals surface area contributed by atoms with E-state index in [4.69, 9.17) is 4.74 Å². The van der Waals surface area contributed by atoms with Gasteiger partial charge in [0, 0.05) is 12.1 Å². The number of carbonyl (C=O) groups excluding carboxylic acids is 1. The van der Waals surface area contributed by atoms with E-state index in [9.17, 15) is 4.79 Å². The molecule has 0 radical (unpaired) electrons. The van der Waals surface area contributed by atoms with Gasteiger partial charge in [-0.2, -0.15) is 0 Å². The van der Waals surface area contributed by atoms with Crippen LogP contribution < -0.4 is 4.74 Å². The lowest BCUT2D eigenvalue weighted by molar-refractivity contribution is 0.112. The number of likely N-dealkylation sites (tertiary alicyclic amines) is 1. The van der Waals surface area contributed by atoms with Crippen LogP contribution in [-0.4, -0.2) is 37.4 Å². The molecule has 0 aliphatic carbocycles. The van der Waals surface area contributed by atoms with Crippen LogP contribution in [0.15, 0.2) is 22.7 Å². The number of hydrogen-bond donors (Lipinski definition) is 0. The number of aldehydes is 1. The molecular weight excluding hydrogens is 294 g/mol. The Labute approximate surface area is 116 Å². The maximum absolute atomic E-state index is 10.6. The fourth-order valence-electron chi connectivity index (χ4n) is 2.18. The van der Waals surface area contributed by atoms with E-state index >= 15 is 0 Å². The predicted molar refractivity (Wildman–Crippen MR) is 75.3 cm³/mol. The molecule has 1 aromatic rings. The summed E-state index contributed by atoms with van der Waals surface area (Å²) >= 11 is 3.41. The van der Waals surface area contributed by atoms with Crippen molar-refractivity contribution in [1.29, 1.82) is 0 Å². The second-order valence-electron chi connectivity index (χ2n) is 4.56. The van der Waals surface area contributed by atoms with Crippen molar-refractivity contribution in [3.05, 3.63) is 28.2 Å². The van der Waals surface area contributed by atoms with E-state index in [0.29, 0.717) is 5.56 Å². The van der Waals surface area contributed by atoms with Gasteiger partial charge in [0.2, 0.25) is 0 Å². The molecule has 2 rings (SSSR count). The van der Waals surface area contributed by atoms with Gasteiger partial charge in [0.25, 0.3) is 0 Å². The summed E-state index contributed by atoms with van der Waals surface area (Å²) < 4.78 is 6.55. The zero-order valence-electron chi connectivity index (χ0n) is 10.4. The third-order valence-corrected chi connectivity index (χ3v) is 3.79. The monoisotopic (exact) mass is 311 g/mol. The number of benzene rings is 1. The zero-order chi connectivity index (χ0) is 12.8. The van der Waals surface area contributed by atoms with Crippen LogP contribution in [-0.2, 0) is 0 Å². The lowest BCUT2D eigenvalue weighted by atomic mass is 10.2. The Bertz CT molecular complexity index is 403. The van der Waals surface area contributed by atoms with Crippen molar-refractivity contribution in [2.45, 2.75) is 19.3 Å². The number of ether oxygens (including phenoxy) is 1. The molecule has 1 aliphatic heterocycles. The summed E-state index contributed by atoms with van der Waals surface area (Å²) in [6, 6.07) is 5.39. The number of hydrogen-bond acceptors (Lipinski definition) is 3.